The number of thiophene rings is 1. The van der Waals surface area contributed by atoms with Gasteiger partial charge in [-0.2, -0.15) is 0 Å². The highest BCUT2D eigenvalue weighted by molar-refractivity contribution is 9.10. The first-order valence-corrected chi connectivity index (χ1v) is 5.00. The van der Waals surface area contributed by atoms with E-state index in [1.54, 1.807) is 11.3 Å². The maximum absolute atomic E-state index is 4.23. The molecule has 2 aromatic rings. The van der Waals surface area contributed by atoms with E-state index >= 15 is 0 Å². The van der Waals surface area contributed by atoms with Gasteiger partial charge < -0.3 is 5.32 Å². The number of fused-ring (bicyclic) bond motifs is 1. The summed E-state index contributed by atoms with van der Waals surface area (Å²) in [6.45, 7) is 0. The van der Waals surface area contributed by atoms with Crippen molar-refractivity contribution in [3.8, 4) is 0 Å². The van der Waals surface area contributed by atoms with Gasteiger partial charge in [0.2, 0.25) is 0 Å². The van der Waals surface area contributed by atoms with Gasteiger partial charge in [-0.1, -0.05) is 11.3 Å². The van der Waals surface area contributed by atoms with Crippen molar-refractivity contribution in [2.45, 2.75) is 0 Å². The molecule has 2 heterocycles. The molecule has 3 nitrogen and oxygen atoms in total. The third-order valence-electron chi connectivity index (χ3n) is 1.49. The first-order chi connectivity index (χ1) is 5.79. The number of aromatic nitrogens is 2. The van der Waals surface area contributed by atoms with Crippen molar-refractivity contribution >= 4 is 42.5 Å². The number of nitrogens with one attached hydrogen (secondary N) is 1. The third kappa shape index (κ3) is 1.30. The zero-order valence-corrected chi connectivity index (χ0v) is 8.74. The average Bonchev–Trinajstić information content (AvgIpc) is 2.46. The van der Waals surface area contributed by atoms with E-state index in [0.29, 0.717) is 4.73 Å². The maximum atomic E-state index is 4.23. The Morgan fingerprint density at radius 2 is 2.42 bits per heavy atom. The van der Waals surface area contributed by atoms with Crippen LogP contribution in [0.4, 0.5) is 5.00 Å². The molecule has 2 rings (SSSR count). The predicted molar refractivity (Wildman–Crippen MR) is 54.7 cm³/mol. The van der Waals surface area contributed by atoms with Crippen molar-refractivity contribution in [1.29, 1.82) is 0 Å². The van der Waals surface area contributed by atoms with Crippen molar-refractivity contribution in [2.75, 3.05) is 12.4 Å². The number of nitrogens with zero attached hydrogens (tertiary/aromatic N) is 2. The highest BCUT2D eigenvalue weighted by Gasteiger charge is 2.01. The monoisotopic (exact) mass is 243 g/mol. The Morgan fingerprint density at radius 3 is 3.17 bits per heavy atom. The lowest BCUT2D eigenvalue weighted by Gasteiger charge is -1.86. The lowest BCUT2D eigenvalue weighted by Crippen LogP contribution is -1.79. The topological polar surface area (TPSA) is 37.8 Å². The molecule has 0 atom stereocenters. The van der Waals surface area contributed by atoms with Gasteiger partial charge >= 0.3 is 0 Å². The molecule has 0 saturated heterocycles. The van der Waals surface area contributed by atoms with E-state index in [1.165, 1.54) is 0 Å². The van der Waals surface area contributed by atoms with Crippen molar-refractivity contribution < 1.29 is 0 Å². The van der Waals surface area contributed by atoms with E-state index in [1.807, 2.05) is 19.3 Å². The van der Waals surface area contributed by atoms with Crippen LogP contribution in [0.2, 0.25) is 0 Å². The van der Waals surface area contributed by atoms with Crippen LogP contribution in [0.25, 0.3) is 10.2 Å². The fourth-order valence-corrected chi connectivity index (χ4v) is 2.19. The van der Waals surface area contributed by atoms with E-state index in [9.17, 15) is 0 Å². The SMILES string of the molecule is CNc1cc2cnc(Br)nc2s1. The van der Waals surface area contributed by atoms with Crippen LogP contribution in [0.5, 0.6) is 0 Å². The minimum Gasteiger partial charge on any atom is -0.380 e. The summed E-state index contributed by atoms with van der Waals surface area (Å²) in [5, 5.41) is 5.26. The van der Waals surface area contributed by atoms with Crippen molar-refractivity contribution in [2.24, 2.45) is 0 Å². The lowest BCUT2D eigenvalue weighted by molar-refractivity contribution is 1.17. The third-order valence-corrected chi connectivity index (χ3v) is 2.93. The van der Waals surface area contributed by atoms with Gasteiger partial charge in [0.25, 0.3) is 0 Å². The summed E-state index contributed by atoms with van der Waals surface area (Å²) in [5.41, 5.74) is 0. The molecular weight excluding hydrogens is 238 g/mol. The summed E-state index contributed by atoms with van der Waals surface area (Å²) in [6.07, 6.45) is 1.81. The molecule has 0 unspecified atom stereocenters. The second-order valence-electron chi connectivity index (χ2n) is 2.26. The molecule has 0 aromatic carbocycles. The molecule has 0 aliphatic heterocycles. The zero-order valence-electron chi connectivity index (χ0n) is 6.34. The van der Waals surface area contributed by atoms with Gasteiger partial charge in [0, 0.05) is 18.6 Å². The lowest BCUT2D eigenvalue weighted by atomic mass is 10.4. The van der Waals surface area contributed by atoms with E-state index in [2.05, 4.69) is 31.2 Å². The molecule has 0 bridgehead atoms. The molecule has 2 aromatic heterocycles. The number of rotatable bonds is 1. The van der Waals surface area contributed by atoms with Gasteiger partial charge in [-0.3, -0.25) is 0 Å². The number of halogens is 1. The first kappa shape index (κ1) is 7.94. The van der Waals surface area contributed by atoms with Gasteiger partial charge in [-0.15, -0.1) is 0 Å². The molecule has 0 spiro atoms. The molecule has 1 N–H and O–H groups in total. The van der Waals surface area contributed by atoms with Gasteiger partial charge in [0.05, 0.1) is 5.00 Å². The van der Waals surface area contributed by atoms with E-state index < -0.39 is 0 Å². The number of hydrogen-bond donors (Lipinski definition) is 1. The molecule has 0 amide bonds. The summed E-state index contributed by atoms with van der Waals surface area (Å²) in [5.74, 6) is 0. The highest BCUT2D eigenvalue weighted by Crippen LogP contribution is 2.27. The van der Waals surface area contributed by atoms with Crippen LogP contribution in [0.1, 0.15) is 0 Å². The number of anilines is 1. The van der Waals surface area contributed by atoms with Gasteiger partial charge in [-0.25, -0.2) is 9.97 Å². The molecule has 0 radical (unpaired) electrons. The second-order valence-corrected chi connectivity index (χ2v) is 4.00. The standard InChI is InChI=1S/C7H6BrN3S/c1-9-5-2-4-3-10-7(8)11-6(4)12-5/h2-3,9H,1H3. The van der Waals surface area contributed by atoms with E-state index in [4.69, 9.17) is 0 Å². The Morgan fingerprint density at radius 1 is 1.58 bits per heavy atom. The Kier molecular flexibility index (Phi) is 1.98. The van der Waals surface area contributed by atoms with Crippen molar-refractivity contribution in [3.05, 3.63) is 17.0 Å². The van der Waals surface area contributed by atoms with Gasteiger partial charge in [-0.05, 0) is 22.0 Å². The highest BCUT2D eigenvalue weighted by atomic mass is 79.9. The fourth-order valence-electron chi connectivity index (χ4n) is 0.934. The predicted octanol–water partition coefficient (Wildman–Crippen LogP) is 2.50. The Labute approximate surface area is 82.0 Å². The minimum absolute atomic E-state index is 0.638. The van der Waals surface area contributed by atoms with Crippen molar-refractivity contribution in [1.82, 2.24) is 9.97 Å². The maximum Gasteiger partial charge on any atom is 0.197 e. The van der Waals surface area contributed by atoms with Crippen LogP contribution in [0.3, 0.4) is 0 Å². The van der Waals surface area contributed by atoms with Gasteiger partial charge in [0.15, 0.2) is 4.73 Å². The molecule has 0 fully saturated rings. The second kappa shape index (κ2) is 2.99. The summed E-state index contributed by atoms with van der Waals surface area (Å²) < 4.78 is 0.638. The molecular formula is C7H6BrN3S. The quantitative estimate of drug-likeness (QED) is 0.783. The minimum atomic E-state index is 0.638. The van der Waals surface area contributed by atoms with Gasteiger partial charge in [0.1, 0.15) is 4.83 Å². The summed E-state index contributed by atoms with van der Waals surface area (Å²) in [6, 6.07) is 2.03. The molecule has 5 heteroatoms. The average molecular weight is 244 g/mol. The summed E-state index contributed by atoms with van der Waals surface area (Å²) >= 11 is 4.85. The molecule has 0 aliphatic carbocycles. The van der Waals surface area contributed by atoms with Crippen LogP contribution in [-0.2, 0) is 0 Å². The molecule has 0 aliphatic rings. The van der Waals surface area contributed by atoms with E-state index in [0.717, 1.165) is 15.2 Å². The Balaban J connectivity index is 2.67. The van der Waals surface area contributed by atoms with Crippen LogP contribution < -0.4 is 5.32 Å². The normalized spacial score (nSPS) is 10.5. The zero-order chi connectivity index (χ0) is 8.55. The fraction of sp³-hybridized carbons (Fsp3) is 0.143. The largest absolute Gasteiger partial charge is 0.380 e. The first-order valence-electron chi connectivity index (χ1n) is 3.39. The Bertz CT molecular complexity index is 412. The molecule has 12 heavy (non-hydrogen) atoms. The van der Waals surface area contributed by atoms with Crippen LogP contribution in [0.15, 0.2) is 17.0 Å². The van der Waals surface area contributed by atoms with Crippen LogP contribution >= 0.6 is 27.3 Å². The van der Waals surface area contributed by atoms with E-state index in [-0.39, 0.29) is 0 Å². The smallest absolute Gasteiger partial charge is 0.197 e. The molecule has 62 valence electrons. The van der Waals surface area contributed by atoms with Crippen molar-refractivity contribution in [3.63, 3.8) is 0 Å². The molecule has 0 saturated carbocycles. The number of hydrogen-bond acceptors (Lipinski definition) is 4. The summed E-state index contributed by atoms with van der Waals surface area (Å²) in [4.78, 5) is 9.27. The van der Waals surface area contributed by atoms with Crippen LogP contribution in [0, 0.1) is 0 Å². The summed E-state index contributed by atoms with van der Waals surface area (Å²) in [7, 11) is 1.90. The Hall–Kier alpha value is -0.680. The van der Waals surface area contributed by atoms with Crippen LogP contribution in [-0.4, -0.2) is 17.0 Å².